The van der Waals surface area contributed by atoms with Crippen LogP contribution in [-0.2, 0) is 9.59 Å². The number of carbonyl (C=O) groups is 3. The quantitative estimate of drug-likeness (QED) is 0.610. The minimum atomic E-state index is -1.50. The van der Waals surface area contributed by atoms with E-state index in [1.54, 1.807) is 6.92 Å². The number of carboxylic acid groups (broad SMARTS) is 2. The number of carboxylic acids is 2. The van der Waals surface area contributed by atoms with Crippen LogP contribution < -0.4 is 5.32 Å². The van der Waals surface area contributed by atoms with Crippen molar-refractivity contribution in [2.45, 2.75) is 19.4 Å². The largest absolute Gasteiger partial charge is 0.508 e. The first kappa shape index (κ1) is 14.5. The number of amides is 1. The fourth-order valence-electron chi connectivity index (χ4n) is 1.51. The topological polar surface area (TPSA) is 124 Å². The van der Waals surface area contributed by atoms with Crippen molar-refractivity contribution >= 4 is 17.8 Å². The van der Waals surface area contributed by atoms with Crippen LogP contribution in [0.25, 0.3) is 0 Å². The number of aliphatic carboxylic acids is 2. The van der Waals surface area contributed by atoms with Crippen molar-refractivity contribution in [3.63, 3.8) is 0 Å². The molecule has 1 atom stereocenters. The van der Waals surface area contributed by atoms with E-state index < -0.39 is 30.3 Å². The number of aryl methyl sites for hydroxylation is 1. The number of phenolic OH excluding ortho intramolecular Hbond substituents is 1. The summed E-state index contributed by atoms with van der Waals surface area (Å²) in [6, 6.07) is 2.47. The number of hydrogen-bond acceptors (Lipinski definition) is 4. The van der Waals surface area contributed by atoms with Gasteiger partial charge < -0.3 is 20.6 Å². The van der Waals surface area contributed by atoms with Gasteiger partial charge in [0.2, 0.25) is 0 Å². The van der Waals surface area contributed by atoms with Gasteiger partial charge in [-0.15, -0.1) is 0 Å². The number of phenols is 1. The Bertz CT molecular complexity index is 525. The molecule has 0 saturated heterocycles. The van der Waals surface area contributed by atoms with Crippen molar-refractivity contribution in [3.05, 3.63) is 29.3 Å². The van der Waals surface area contributed by atoms with Gasteiger partial charge in [-0.25, -0.2) is 4.79 Å². The molecule has 7 heteroatoms. The zero-order valence-electron chi connectivity index (χ0n) is 10.1. The first-order chi connectivity index (χ1) is 8.81. The highest BCUT2D eigenvalue weighted by molar-refractivity contribution is 5.98. The van der Waals surface area contributed by atoms with Crippen LogP contribution in [0.3, 0.4) is 0 Å². The molecule has 0 spiro atoms. The molecule has 0 aliphatic heterocycles. The van der Waals surface area contributed by atoms with Gasteiger partial charge in [0, 0.05) is 5.56 Å². The predicted molar refractivity (Wildman–Crippen MR) is 64.0 cm³/mol. The van der Waals surface area contributed by atoms with E-state index in [1.807, 2.05) is 0 Å². The second-order valence-corrected chi connectivity index (χ2v) is 3.96. The van der Waals surface area contributed by atoms with Gasteiger partial charge in [0.1, 0.15) is 11.8 Å². The smallest absolute Gasteiger partial charge is 0.326 e. The maximum atomic E-state index is 11.8. The third-order valence-corrected chi connectivity index (χ3v) is 2.44. The van der Waals surface area contributed by atoms with Gasteiger partial charge in [0.25, 0.3) is 5.91 Å². The highest BCUT2D eigenvalue weighted by atomic mass is 16.4. The maximum Gasteiger partial charge on any atom is 0.326 e. The average molecular weight is 267 g/mol. The van der Waals surface area contributed by atoms with Gasteiger partial charge in [0.15, 0.2) is 0 Å². The van der Waals surface area contributed by atoms with Crippen molar-refractivity contribution in [1.82, 2.24) is 5.32 Å². The molecule has 0 saturated carbocycles. The fourth-order valence-corrected chi connectivity index (χ4v) is 1.51. The van der Waals surface area contributed by atoms with Crippen LogP contribution in [0.4, 0.5) is 0 Å². The van der Waals surface area contributed by atoms with Crippen LogP contribution >= 0.6 is 0 Å². The zero-order chi connectivity index (χ0) is 14.6. The summed E-state index contributed by atoms with van der Waals surface area (Å²) in [4.78, 5) is 33.1. The van der Waals surface area contributed by atoms with E-state index in [9.17, 15) is 19.5 Å². The molecule has 1 amide bonds. The molecule has 0 aliphatic rings. The molecule has 0 fully saturated rings. The molecule has 0 radical (unpaired) electrons. The number of hydrogen-bond donors (Lipinski definition) is 4. The molecule has 19 heavy (non-hydrogen) atoms. The van der Waals surface area contributed by atoms with Crippen molar-refractivity contribution in [2.24, 2.45) is 0 Å². The van der Waals surface area contributed by atoms with Gasteiger partial charge in [-0.3, -0.25) is 9.59 Å². The lowest BCUT2D eigenvalue weighted by atomic mass is 10.1. The summed E-state index contributed by atoms with van der Waals surface area (Å²) in [5.41, 5.74) is 0.631. The highest BCUT2D eigenvalue weighted by Crippen LogP contribution is 2.15. The molecule has 1 aromatic carbocycles. The first-order valence-electron chi connectivity index (χ1n) is 5.36. The minimum absolute atomic E-state index is 0.0191. The van der Waals surface area contributed by atoms with Gasteiger partial charge in [0.05, 0.1) is 6.42 Å². The Hall–Kier alpha value is -2.57. The monoisotopic (exact) mass is 267 g/mol. The first-order valence-corrected chi connectivity index (χ1v) is 5.36. The number of benzene rings is 1. The van der Waals surface area contributed by atoms with Gasteiger partial charge in [-0.2, -0.15) is 0 Å². The lowest BCUT2D eigenvalue weighted by Gasteiger charge is -2.13. The minimum Gasteiger partial charge on any atom is -0.508 e. The highest BCUT2D eigenvalue weighted by Gasteiger charge is 2.24. The van der Waals surface area contributed by atoms with Crippen LogP contribution in [0, 0.1) is 6.92 Å². The number of carbonyl (C=O) groups excluding carboxylic acids is 1. The maximum absolute atomic E-state index is 11.8. The summed E-state index contributed by atoms with van der Waals surface area (Å²) in [7, 11) is 0. The lowest BCUT2D eigenvalue weighted by Crippen LogP contribution is -2.42. The molecular formula is C12H13NO6. The molecule has 102 valence electrons. The van der Waals surface area contributed by atoms with E-state index in [0.29, 0.717) is 5.56 Å². The van der Waals surface area contributed by atoms with Crippen molar-refractivity contribution < 1.29 is 29.7 Å². The van der Waals surface area contributed by atoms with Crippen LogP contribution in [0.1, 0.15) is 22.3 Å². The summed E-state index contributed by atoms with van der Waals surface area (Å²) < 4.78 is 0. The Morgan fingerprint density at radius 2 is 1.89 bits per heavy atom. The molecule has 0 unspecified atom stereocenters. The Balaban J connectivity index is 2.87. The van der Waals surface area contributed by atoms with E-state index in [-0.39, 0.29) is 11.3 Å². The standard InChI is InChI=1S/C12H13NO6/c1-6-4-7(14)2-3-8(6)11(17)13-9(12(18)19)5-10(15)16/h2-4,9,14H,5H2,1H3,(H,13,17)(H,15,16)(H,18,19)/t9-/m1/s1. The van der Waals surface area contributed by atoms with Gasteiger partial charge in [-0.1, -0.05) is 0 Å². The normalized spacial score (nSPS) is 11.6. The Labute approximate surface area is 108 Å². The molecule has 4 N–H and O–H groups in total. The van der Waals surface area contributed by atoms with Crippen LogP contribution in [0.15, 0.2) is 18.2 Å². The van der Waals surface area contributed by atoms with Crippen molar-refractivity contribution in [1.29, 1.82) is 0 Å². The summed E-state index contributed by atoms with van der Waals surface area (Å²) in [5.74, 6) is -3.47. The number of nitrogens with one attached hydrogen (secondary N) is 1. The molecule has 1 rings (SSSR count). The zero-order valence-corrected chi connectivity index (χ0v) is 10.1. The van der Waals surface area contributed by atoms with Crippen molar-refractivity contribution in [2.75, 3.05) is 0 Å². The second-order valence-electron chi connectivity index (χ2n) is 3.96. The summed E-state index contributed by atoms with van der Waals surface area (Å²) in [6.45, 7) is 1.57. The van der Waals surface area contributed by atoms with Crippen LogP contribution in [0.5, 0.6) is 5.75 Å². The van der Waals surface area contributed by atoms with Crippen molar-refractivity contribution in [3.8, 4) is 5.75 Å². The third kappa shape index (κ3) is 3.98. The van der Waals surface area contributed by atoms with E-state index in [0.717, 1.165) is 0 Å². The second kappa shape index (κ2) is 5.85. The van der Waals surface area contributed by atoms with Crippen LogP contribution in [-0.4, -0.2) is 39.2 Å². The third-order valence-electron chi connectivity index (χ3n) is 2.44. The van der Waals surface area contributed by atoms with E-state index in [2.05, 4.69) is 5.32 Å². The van der Waals surface area contributed by atoms with Crippen LogP contribution in [0.2, 0.25) is 0 Å². The predicted octanol–water partition coefficient (Wildman–Crippen LogP) is 0.358. The molecule has 1 aromatic rings. The fraction of sp³-hybridized carbons (Fsp3) is 0.250. The summed E-state index contributed by atoms with van der Waals surface area (Å²) in [5, 5.41) is 28.7. The molecule has 7 nitrogen and oxygen atoms in total. The Morgan fingerprint density at radius 3 is 2.37 bits per heavy atom. The number of rotatable bonds is 5. The van der Waals surface area contributed by atoms with E-state index >= 15 is 0 Å². The average Bonchev–Trinajstić information content (AvgIpc) is 2.26. The summed E-state index contributed by atoms with van der Waals surface area (Å²) >= 11 is 0. The molecule has 0 aliphatic carbocycles. The molecule has 0 aromatic heterocycles. The van der Waals surface area contributed by atoms with Gasteiger partial charge >= 0.3 is 11.9 Å². The van der Waals surface area contributed by atoms with E-state index in [1.165, 1.54) is 18.2 Å². The summed E-state index contributed by atoms with van der Waals surface area (Å²) in [6.07, 6.45) is -0.710. The Morgan fingerprint density at radius 1 is 1.26 bits per heavy atom. The SMILES string of the molecule is Cc1cc(O)ccc1C(=O)N[C@H](CC(=O)O)C(=O)O. The molecule has 0 bridgehead atoms. The number of aromatic hydroxyl groups is 1. The molecular weight excluding hydrogens is 254 g/mol. The Kier molecular flexibility index (Phi) is 4.46. The molecule has 0 heterocycles. The van der Waals surface area contributed by atoms with Gasteiger partial charge in [-0.05, 0) is 30.7 Å². The van der Waals surface area contributed by atoms with E-state index in [4.69, 9.17) is 10.2 Å². The lowest BCUT2D eigenvalue weighted by molar-refractivity contribution is -0.145.